The minimum Gasteiger partial charge on any atom is -0.297 e. The SMILES string of the molecule is NNC(Cc1cn2ccsc2n1)C1CCCCS1(=O)=O. The fourth-order valence-electron chi connectivity index (χ4n) is 2.83. The molecule has 0 aliphatic carbocycles. The maximum absolute atomic E-state index is 12.2. The third-order valence-electron chi connectivity index (χ3n) is 3.86. The molecule has 3 heterocycles. The summed E-state index contributed by atoms with van der Waals surface area (Å²) in [5, 5.41) is 1.57. The van der Waals surface area contributed by atoms with E-state index in [9.17, 15) is 8.42 Å². The van der Waals surface area contributed by atoms with Crippen molar-refractivity contribution < 1.29 is 8.42 Å². The van der Waals surface area contributed by atoms with Crippen LogP contribution < -0.4 is 11.3 Å². The molecule has 0 saturated carbocycles. The lowest BCUT2D eigenvalue weighted by atomic mass is 10.0. The maximum atomic E-state index is 12.2. The summed E-state index contributed by atoms with van der Waals surface area (Å²) in [4.78, 5) is 5.41. The first-order chi connectivity index (χ1) is 9.60. The molecule has 0 radical (unpaired) electrons. The van der Waals surface area contributed by atoms with Crippen LogP contribution in [0, 0.1) is 0 Å². The zero-order valence-corrected chi connectivity index (χ0v) is 12.7. The van der Waals surface area contributed by atoms with Crippen LogP contribution in [0.2, 0.25) is 0 Å². The van der Waals surface area contributed by atoms with Gasteiger partial charge in [-0.25, -0.2) is 13.4 Å². The normalized spacial score (nSPS) is 23.9. The van der Waals surface area contributed by atoms with Crippen LogP contribution in [-0.2, 0) is 16.3 Å². The summed E-state index contributed by atoms with van der Waals surface area (Å²) < 4.78 is 26.3. The minimum atomic E-state index is -3.05. The van der Waals surface area contributed by atoms with Gasteiger partial charge in [0.15, 0.2) is 14.8 Å². The predicted octanol–water partition coefficient (Wildman–Crippen LogP) is 0.738. The topological polar surface area (TPSA) is 89.5 Å². The zero-order chi connectivity index (χ0) is 14.2. The molecule has 1 aliphatic heterocycles. The lowest BCUT2D eigenvalue weighted by molar-refractivity contribution is 0.438. The van der Waals surface area contributed by atoms with Gasteiger partial charge >= 0.3 is 0 Å². The van der Waals surface area contributed by atoms with Crippen LogP contribution in [-0.4, -0.2) is 34.8 Å². The van der Waals surface area contributed by atoms with Gasteiger partial charge in [0, 0.05) is 30.2 Å². The summed E-state index contributed by atoms with van der Waals surface area (Å²) >= 11 is 1.56. The first-order valence-electron chi connectivity index (χ1n) is 6.69. The van der Waals surface area contributed by atoms with E-state index in [0.29, 0.717) is 12.8 Å². The van der Waals surface area contributed by atoms with E-state index in [1.807, 2.05) is 22.2 Å². The number of thiazole rings is 1. The van der Waals surface area contributed by atoms with E-state index in [1.165, 1.54) is 0 Å². The van der Waals surface area contributed by atoms with Crippen molar-refractivity contribution in [2.75, 3.05) is 5.75 Å². The summed E-state index contributed by atoms with van der Waals surface area (Å²) in [6, 6.07) is -0.273. The second-order valence-corrected chi connectivity index (χ2v) is 8.42. The van der Waals surface area contributed by atoms with E-state index in [1.54, 1.807) is 11.3 Å². The lowest BCUT2D eigenvalue weighted by Gasteiger charge is -2.29. The van der Waals surface area contributed by atoms with Crippen LogP contribution in [0.25, 0.3) is 4.96 Å². The molecule has 1 fully saturated rings. The Balaban J connectivity index is 1.81. The van der Waals surface area contributed by atoms with E-state index in [4.69, 9.17) is 5.84 Å². The molecule has 3 rings (SSSR count). The Labute approximate surface area is 121 Å². The van der Waals surface area contributed by atoms with Crippen LogP contribution in [0.1, 0.15) is 25.0 Å². The van der Waals surface area contributed by atoms with Gasteiger partial charge in [-0.2, -0.15) is 0 Å². The first-order valence-corrected chi connectivity index (χ1v) is 9.28. The second-order valence-electron chi connectivity index (χ2n) is 5.20. The van der Waals surface area contributed by atoms with Crippen molar-refractivity contribution in [3.05, 3.63) is 23.5 Å². The molecular formula is C12H18N4O2S2. The molecule has 20 heavy (non-hydrogen) atoms. The van der Waals surface area contributed by atoms with Crippen molar-refractivity contribution in [2.45, 2.75) is 37.0 Å². The Hall–Kier alpha value is -0.960. The van der Waals surface area contributed by atoms with Crippen LogP contribution in [0.3, 0.4) is 0 Å². The van der Waals surface area contributed by atoms with Crippen LogP contribution >= 0.6 is 11.3 Å². The molecule has 6 nitrogen and oxygen atoms in total. The van der Waals surface area contributed by atoms with Gasteiger partial charge in [0.2, 0.25) is 0 Å². The van der Waals surface area contributed by atoms with E-state index < -0.39 is 15.1 Å². The Morgan fingerprint density at radius 1 is 1.55 bits per heavy atom. The minimum absolute atomic E-state index is 0.272. The largest absolute Gasteiger partial charge is 0.297 e. The summed E-state index contributed by atoms with van der Waals surface area (Å²) in [6.45, 7) is 0. The van der Waals surface area contributed by atoms with Gasteiger partial charge in [-0.3, -0.25) is 15.7 Å². The number of nitrogens with two attached hydrogens (primary N) is 1. The Morgan fingerprint density at radius 2 is 2.40 bits per heavy atom. The van der Waals surface area contributed by atoms with Crippen LogP contribution in [0.5, 0.6) is 0 Å². The molecular weight excluding hydrogens is 296 g/mol. The number of rotatable bonds is 4. The molecule has 2 unspecified atom stereocenters. The predicted molar refractivity (Wildman–Crippen MR) is 79.3 cm³/mol. The number of fused-ring (bicyclic) bond motifs is 1. The highest BCUT2D eigenvalue weighted by atomic mass is 32.2. The molecule has 0 bridgehead atoms. The highest BCUT2D eigenvalue weighted by Gasteiger charge is 2.35. The quantitative estimate of drug-likeness (QED) is 0.642. The number of hydrogen-bond acceptors (Lipinski definition) is 6. The standard InChI is InChI=1S/C12H18N4O2S2/c13-15-10(11-3-1-2-6-20(11,17)18)7-9-8-16-4-5-19-12(16)14-9/h4-5,8,10-11,15H,1-3,6-7,13H2. The van der Waals surface area contributed by atoms with Gasteiger partial charge < -0.3 is 0 Å². The van der Waals surface area contributed by atoms with Crippen molar-refractivity contribution >= 4 is 26.1 Å². The fourth-order valence-corrected chi connectivity index (χ4v) is 5.66. The third-order valence-corrected chi connectivity index (χ3v) is 6.98. The van der Waals surface area contributed by atoms with Crippen molar-refractivity contribution in [3.63, 3.8) is 0 Å². The van der Waals surface area contributed by atoms with E-state index in [0.717, 1.165) is 23.5 Å². The zero-order valence-electron chi connectivity index (χ0n) is 11.0. The molecule has 110 valence electrons. The number of hydrogen-bond donors (Lipinski definition) is 2. The highest BCUT2D eigenvalue weighted by molar-refractivity contribution is 7.92. The van der Waals surface area contributed by atoms with E-state index >= 15 is 0 Å². The first kappa shape index (κ1) is 14.0. The Morgan fingerprint density at radius 3 is 3.10 bits per heavy atom. The molecule has 2 aromatic heterocycles. The number of hydrazine groups is 1. The fraction of sp³-hybridized carbons (Fsp3) is 0.583. The highest BCUT2D eigenvalue weighted by Crippen LogP contribution is 2.24. The maximum Gasteiger partial charge on any atom is 0.193 e. The van der Waals surface area contributed by atoms with Gasteiger partial charge in [-0.15, -0.1) is 11.3 Å². The summed E-state index contributed by atoms with van der Waals surface area (Å²) in [7, 11) is -3.05. The molecule has 3 N–H and O–H groups in total. The number of imidazole rings is 1. The number of nitrogens with one attached hydrogen (secondary N) is 1. The lowest BCUT2D eigenvalue weighted by Crippen LogP contribution is -2.50. The van der Waals surface area contributed by atoms with Crippen molar-refractivity contribution in [1.82, 2.24) is 14.8 Å². The molecule has 1 aliphatic rings. The Bertz CT molecular complexity index is 663. The van der Waals surface area contributed by atoms with Gasteiger partial charge in [-0.05, 0) is 12.8 Å². The summed E-state index contributed by atoms with van der Waals surface area (Å²) in [6.07, 6.45) is 6.80. The summed E-state index contributed by atoms with van der Waals surface area (Å²) in [5.74, 6) is 5.87. The Kier molecular flexibility index (Phi) is 3.80. The summed E-state index contributed by atoms with van der Waals surface area (Å²) in [5.41, 5.74) is 3.56. The van der Waals surface area contributed by atoms with Crippen molar-refractivity contribution in [2.24, 2.45) is 5.84 Å². The van der Waals surface area contributed by atoms with Gasteiger partial charge in [-0.1, -0.05) is 6.42 Å². The van der Waals surface area contributed by atoms with Crippen molar-refractivity contribution in [3.8, 4) is 0 Å². The van der Waals surface area contributed by atoms with Crippen LogP contribution in [0.4, 0.5) is 0 Å². The molecule has 2 aromatic rings. The molecule has 2 atom stereocenters. The average Bonchev–Trinajstić information content (AvgIpc) is 2.96. The van der Waals surface area contributed by atoms with E-state index in [2.05, 4.69) is 10.4 Å². The molecule has 0 amide bonds. The smallest absolute Gasteiger partial charge is 0.193 e. The molecule has 8 heteroatoms. The number of aromatic nitrogens is 2. The second kappa shape index (κ2) is 5.44. The van der Waals surface area contributed by atoms with E-state index in [-0.39, 0.29) is 11.8 Å². The third kappa shape index (κ3) is 2.60. The average molecular weight is 314 g/mol. The molecule has 0 spiro atoms. The monoisotopic (exact) mass is 314 g/mol. The van der Waals surface area contributed by atoms with Gasteiger partial charge in [0.25, 0.3) is 0 Å². The van der Waals surface area contributed by atoms with Crippen molar-refractivity contribution in [1.29, 1.82) is 0 Å². The van der Waals surface area contributed by atoms with Gasteiger partial charge in [0.1, 0.15) is 0 Å². The van der Waals surface area contributed by atoms with Crippen LogP contribution in [0.15, 0.2) is 17.8 Å². The molecule has 1 saturated heterocycles. The number of sulfone groups is 1. The molecule has 0 aromatic carbocycles. The van der Waals surface area contributed by atoms with Gasteiger partial charge in [0.05, 0.1) is 16.7 Å². The number of nitrogens with zero attached hydrogens (tertiary/aromatic N) is 2.